The van der Waals surface area contributed by atoms with E-state index in [2.05, 4.69) is 9.71 Å². The first-order valence-corrected chi connectivity index (χ1v) is 9.67. The number of hydrogen-bond acceptors (Lipinski definition) is 5. The molecule has 1 aromatic carbocycles. The van der Waals surface area contributed by atoms with Crippen LogP contribution in [0.15, 0.2) is 40.6 Å². The van der Waals surface area contributed by atoms with Gasteiger partial charge in [-0.2, -0.15) is 8.78 Å². The van der Waals surface area contributed by atoms with E-state index in [1.54, 1.807) is 18.2 Å². The Morgan fingerprint density at radius 1 is 1.31 bits per heavy atom. The van der Waals surface area contributed by atoms with Gasteiger partial charge < -0.3 is 5.11 Å². The average molecular weight is 401 g/mol. The van der Waals surface area contributed by atoms with Crippen molar-refractivity contribution in [3.63, 3.8) is 0 Å². The Bertz CT molecular complexity index is 1080. The lowest BCUT2D eigenvalue weighted by Gasteiger charge is -2.16. The van der Waals surface area contributed by atoms with Crippen LogP contribution in [0.2, 0.25) is 0 Å². The minimum Gasteiger partial charge on any atom is -0.477 e. The van der Waals surface area contributed by atoms with Gasteiger partial charge in [0.15, 0.2) is 0 Å². The number of carboxylic acid groups (broad SMARTS) is 1. The average Bonchev–Trinajstić information content (AvgIpc) is 3.19. The molecule has 0 aliphatic carbocycles. The van der Waals surface area contributed by atoms with E-state index in [1.807, 2.05) is 0 Å². The second kappa shape index (κ2) is 6.74. The normalized spacial score (nSPS) is 13.4. The van der Waals surface area contributed by atoms with Crippen LogP contribution < -0.4 is 4.72 Å². The topological polar surface area (TPSA) is 101 Å². The minimum absolute atomic E-state index is 0.170. The number of aromatic nitrogens is 2. The van der Waals surface area contributed by atoms with Crippen LogP contribution in [0.5, 0.6) is 0 Å². The highest BCUT2D eigenvalue weighted by Crippen LogP contribution is 2.28. The first kappa shape index (κ1) is 18.4. The summed E-state index contributed by atoms with van der Waals surface area (Å²) in [6.45, 7) is -1.55. The van der Waals surface area contributed by atoms with Gasteiger partial charge in [0.25, 0.3) is 0 Å². The number of fused-ring (bicyclic) bond motifs is 1. The molecule has 0 aliphatic heterocycles. The quantitative estimate of drug-likeness (QED) is 0.660. The summed E-state index contributed by atoms with van der Waals surface area (Å²) >= 11 is 0.760. The van der Waals surface area contributed by atoms with Crippen LogP contribution in [-0.2, 0) is 10.0 Å². The Morgan fingerprint density at radius 3 is 2.65 bits per heavy atom. The smallest absolute Gasteiger partial charge is 0.347 e. The van der Waals surface area contributed by atoms with Crippen molar-refractivity contribution in [2.45, 2.75) is 24.4 Å². The third kappa shape index (κ3) is 3.20. The van der Waals surface area contributed by atoms with Crippen molar-refractivity contribution < 1.29 is 27.1 Å². The lowest BCUT2D eigenvalue weighted by atomic mass is 10.3. The number of para-hydroxylation sites is 2. The first-order chi connectivity index (χ1) is 12.2. The fraction of sp³-hybridized carbons (Fsp3) is 0.200. The van der Waals surface area contributed by atoms with Crippen molar-refractivity contribution in [3.05, 3.63) is 46.4 Å². The van der Waals surface area contributed by atoms with Crippen LogP contribution in [0.3, 0.4) is 0 Å². The molecule has 0 radical (unpaired) electrons. The van der Waals surface area contributed by atoms with E-state index < -0.39 is 33.5 Å². The molecule has 0 amide bonds. The summed E-state index contributed by atoms with van der Waals surface area (Å²) in [5, 5.41) is 10.4. The number of alkyl halides is 2. The second-order valence-corrected chi connectivity index (χ2v) is 7.97. The third-order valence-electron chi connectivity index (χ3n) is 3.65. The molecule has 0 bridgehead atoms. The minimum atomic E-state index is -4.24. The van der Waals surface area contributed by atoms with E-state index in [-0.39, 0.29) is 16.2 Å². The molecular weight excluding hydrogens is 388 g/mol. The van der Waals surface area contributed by atoms with Gasteiger partial charge in [-0.15, -0.1) is 11.3 Å². The SMILES string of the molecule is C[C@@H](NS(=O)(=O)c1ccsc1C(=O)O)c1nc2ccccc2n1C(F)F. The summed E-state index contributed by atoms with van der Waals surface area (Å²) in [4.78, 5) is 14.5. The van der Waals surface area contributed by atoms with Crippen molar-refractivity contribution >= 4 is 38.4 Å². The number of hydrogen-bond donors (Lipinski definition) is 2. The molecule has 0 aliphatic rings. The number of aromatic carboxylic acids is 1. The highest BCUT2D eigenvalue weighted by atomic mass is 32.2. The number of carboxylic acids is 1. The Balaban J connectivity index is 2.01. The van der Waals surface area contributed by atoms with Crippen LogP contribution in [0, 0.1) is 0 Å². The number of thiophene rings is 1. The molecule has 7 nitrogen and oxygen atoms in total. The monoisotopic (exact) mass is 401 g/mol. The van der Waals surface area contributed by atoms with Gasteiger partial charge >= 0.3 is 12.5 Å². The number of benzene rings is 1. The molecule has 1 atom stereocenters. The maximum absolute atomic E-state index is 13.5. The highest BCUT2D eigenvalue weighted by molar-refractivity contribution is 7.89. The molecule has 0 unspecified atom stereocenters. The lowest BCUT2D eigenvalue weighted by Crippen LogP contribution is -2.29. The molecule has 26 heavy (non-hydrogen) atoms. The van der Waals surface area contributed by atoms with E-state index in [1.165, 1.54) is 18.4 Å². The number of halogens is 2. The van der Waals surface area contributed by atoms with Crippen LogP contribution in [0.4, 0.5) is 8.78 Å². The van der Waals surface area contributed by atoms with Gasteiger partial charge in [-0.3, -0.25) is 4.57 Å². The zero-order valence-electron chi connectivity index (χ0n) is 13.3. The van der Waals surface area contributed by atoms with Gasteiger partial charge in [-0.1, -0.05) is 12.1 Å². The van der Waals surface area contributed by atoms with Crippen LogP contribution in [0.25, 0.3) is 11.0 Å². The van der Waals surface area contributed by atoms with Crippen LogP contribution in [0.1, 0.15) is 35.0 Å². The fourth-order valence-electron chi connectivity index (χ4n) is 2.59. The maximum atomic E-state index is 13.5. The predicted octanol–water partition coefficient (Wildman–Crippen LogP) is 3.23. The van der Waals surface area contributed by atoms with Gasteiger partial charge in [0, 0.05) is 0 Å². The molecule has 11 heteroatoms. The molecule has 2 aromatic heterocycles. The Hall–Kier alpha value is -2.37. The number of carbonyl (C=O) groups is 1. The zero-order valence-corrected chi connectivity index (χ0v) is 14.9. The number of sulfonamides is 1. The van der Waals surface area contributed by atoms with Crippen LogP contribution in [-0.4, -0.2) is 29.0 Å². The largest absolute Gasteiger partial charge is 0.477 e. The molecule has 138 valence electrons. The summed E-state index contributed by atoms with van der Waals surface area (Å²) in [6.07, 6.45) is 0. The lowest BCUT2D eigenvalue weighted by molar-refractivity contribution is 0.0694. The van der Waals surface area contributed by atoms with E-state index in [0.717, 1.165) is 17.4 Å². The zero-order chi connectivity index (χ0) is 19.1. The molecule has 0 saturated carbocycles. The standard InChI is InChI=1S/C15H13F2N3O4S2/c1-8(19-26(23,24)11-6-7-25-12(11)14(21)22)13-18-9-4-2-3-5-10(9)20(13)15(16)17/h2-8,15,19H,1H3,(H,21,22)/t8-/m1/s1. The maximum Gasteiger partial charge on any atom is 0.347 e. The summed E-state index contributed by atoms with van der Waals surface area (Å²) in [5.41, 5.74) is 0.473. The third-order valence-corrected chi connectivity index (χ3v) is 6.27. The summed E-state index contributed by atoms with van der Waals surface area (Å²) in [7, 11) is -4.24. The van der Waals surface area contributed by atoms with Crippen molar-refractivity contribution in [2.75, 3.05) is 0 Å². The summed E-state index contributed by atoms with van der Waals surface area (Å²) in [6, 6.07) is 6.25. The number of rotatable bonds is 6. The second-order valence-electron chi connectivity index (χ2n) is 5.37. The number of nitrogens with zero attached hydrogens (tertiary/aromatic N) is 2. The van der Waals surface area contributed by atoms with Gasteiger partial charge in [0.1, 0.15) is 15.6 Å². The summed E-state index contributed by atoms with van der Waals surface area (Å²) < 4.78 is 54.9. The van der Waals surface area contributed by atoms with Crippen molar-refractivity contribution in [2.24, 2.45) is 0 Å². The fourth-order valence-corrected chi connectivity index (χ4v) is 5.05. The predicted molar refractivity (Wildman–Crippen MR) is 91.0 cm³/mol. The molecule has 2 N–H and O–H groups in total. The van der Waals surface area contributed by atoms with Gasteiger partial charge in [0.05, 0.1) is 17.1 Å². The van der Waals surface area contributed by atoms with E-state index >= 15 is 0 Å². The van der Waals surface area contributed by atoms with Crippen molar-refractivity contribution in [1.29, 1.82) is 0 Å². The molecule has 3 aromatic rings. The van der Waals surface area contributed by atoms with Gasteiger partial charge in [0.2, 0.25) is 10.0 Å². The Labute approximate surface area is 151 Å². The molecule has 0 spiro atoms. The Kier molecular flexibility index (Phi) is 4.78. The van der Waals surface area contributed by atoms with Crippen LogP contribution >= 0.6 is 11.3 Å². The molecule has 2 heterocycles. The van der Waals surface area contributed by atoms with Gasteiger partial charge in [-0.05, 0) is 30.5 Å². The van der Waals surface area contributed by atoms with Gasteiger partial charge in [-0.25, -0.2) is 22.9 Å². The van der Waals surface area contributed by atoms with Crippen molar-refractivity contribution in [1.82, 2.24) is 14.3 Å². The Morgan fingerprint density at radius 2 is 2.00 bits per heavy atom. The van der Waals surface area contributed by atoms with E-state index in [4.69, 9.17) is 5.11 Å². The molecule has 3 rings (SSSR count). The number of imidazole rings is 1. The number of nitrogens with one attached hydrogen (secondary N) is 1. The van der Waals surface area contributed by atoms with Crippen molar-refractivity contribution in [3.8, 4) is 0 Å². The molecular formula is C15H13F2N3O4S2. The van der Waals surface area contributed by atoms with E-state index in [0.29, 0.717) is 10.1 Å². The molecule has 0 fully saturated rings. The first-order valence-electron chi connectivity index (χ1n) is 7.30. The highest BCUT2D eigenvalue weighted by Gasteiger charge is 2.29. The van der Waals surface area contributed by atoms with E-state index in [9.17, 15) is 22.0 Å². The molecule has 0 saturated heterocycles. The summed E-state index contributed by atoms with van der Waals surface area (Å²) in [5.74, 6) is -1.55.